The van der Waals surface area contributed by atoms with Gasteiger partial charge in [-0.05, 0) is 15.5 Å². The van der Waals surface area contributed by atoms with Crippen molar-refractivity contribution in [3.8, 4) is 5.75 Å². The van der Waals surface area contributed by atoms with Crippen LogP contribution in [0.3, 0.4) is 0 Å². The molecule has 0 aliphatic heterocycles. The number of hydrogen-bond acceptors (Lipinski definition) is 2. The minimum absolute atomic E-state index is 0.324. The van der Waals surface area contributed by atoms with Gasteiger partial charge in [0.2, 0.25) is 0 Å². The molecule has 0 spiro atoms. The van der Waals surface area contributed by atoms with E-state index in [4.69, 9.17) is 5.11 Å². The van der Waals surface area contributed by atoms with E-state index in [1.807, 2.05) is 0 Å². The summed E-state index contributed by atoms with van der Waals surface area (Å²) in [6.45, 7) is 0. The van der Waals surface area contributed by atoms with E-state index in [1.165, 1.54) is 0 Å². The van der Waals surface area contributed by atoms with Crippen LogP contribution in [0.25, 0.3) is 11.0 Å². The molecule has 0 fully saturated rings. The van der Waals surface area contributed by atoms with Crippen molar-refractivity contribution in [2.45, 2.75) is 0 Å². The Morgan fingerprint density at radius 2 is 2.33 bits per heavy atom. The molecule has 2 aromatic rings. The third-order valence-corrected chi connectivity index (χ3v) is 2.07. The summed E-state index contributed by atoms with van der Waals surface area (Å²) in [5, 5.41) is 9.30. The fraction of sp³-hybridized carbons (Fsp3) is 0. The van der Waals surface area contributed by atoms with E-state index < -0.39 is 11.6 Å². The number of pyridine rings is 1. The van der Waals surface area contributed by atoms with E-state index in [-0.39, 0.29) is 0 Å². The fourth-order valence-electron chi connectivity index (χ4n) is 1.06. The number of aromatic hydroxyl groups is 1. The summed E-state index contributed by atoms with van der Waals surface area (Å²) in [6.07, 6.45) is 2.75. The summed E-state index contributed by atoms with van der Waals surface area (Å²) in [7, 11) is 2.37. The van der Waals surface area contributed by atoms with Crippen LogP contribution in [-0.2, 0) is 0 Å². The van der Waals surface area contributed by atoms with E-state index >= 15 is 0 Å². The summed E-state index contributed by atoms with van der Waals surface area (Å²) in [5.74, 6) is -1.04. The van der Waals surface area contributed by atoms with Gasteiger partial charge < -0.3 is 9.44 Å². The summed E-state index contributed by atoms with van der Waals surface area (Å²) < 4.78 is 14.7. The van der Waals surface area contributed by atoms with Crippen LogP contribution in [0.2, 0.25) is 0 Å². The Balaban J connectivity index is 2.93. The Bertz CT molecular complexity index is 440. The van der Waals surface area contributed by atoms with Gasteiger partial charge in [-0.25, -0.2) is 9.37 Å². The van der Waals surface area contributed by atoms with Crippen LogP contribution in [0.1, 0.15) is 0 Å². The molecule has 0 aliphatic carbocycles. The lowest BCUT2D eigenvalue weighted by molar-refractivity contribution is 0.433. The van der Waals surface area contributed by atoms with Gasteiger partial charge in [-0.2, -0.15) is 0 Å². The van der Waals surface area contributed by atoms with Gasteiger partial charge in [0.05, 0.1) is 11.6 Å². The predicted octanol–water partition coefficient (Wildman–Crippen LogP) is 1.52. The van der Waals surface area contributed by atoms with Crippen molar-refractivity contribution in [1.82, 2.24) is 9.32 Å². The van der Waals surface area contributed by atoms with Crippen LogP contribution >= 0.6 is 9.39 Å². The van der Waals surface area contributed by atoms with Crippen LogP contribution in [0, 0.1) is 5.82 Å². The highest BCUT2D eigenvalue weighted by atomic mass is 31.0. The first-order valence-corrected chi connectivity index (χ1v) is 3.81. The van der Waals surface area contributed by atoms with Gasteiger partial charge in [-0.15, -0.1) is 0 Å². The van der Waals surface area contributed by atoms with Crippen LogP contribution < -0.4 is 0 Å². The highest BCUT2D eigenvalue weighted by Crippen LogP contribution is 2.24. The maximum Gasteiger partial charge on any atom is 0.177 e. The Hall–Kier alpha value is -1.15. The zero-order valence-corrected chi connectivity index (χ0v) is 7.18. The first-order chi connectivity index (χ1) is 5.70. The number of hydrogen-bond donors (Lipinski definition) is 1. The van der Waals surface area contributed by atoms with E-state index in [2.05, 4.69) is 14.4 Å². The van der Waals surface area contributed by atoms with Crippen molar-refractivity contribution in [3.05, 3.63) is 24.3 Å². The molecule has 2 rings (SSSR count). The van der Waals surface area contributed by atoms with Crippen molar-refractivity contribution in [2.24, 2.45) is 0 Å². The van der Waals surface area contributed by atoms with Crippen LogP contribution in [0.15, 0.2) is 18.5 Å². The number of halogens is 1. The molecule has 5 heteroatoms. The van der Waals surface area contributed by atoms with Crippen LogP contribution in [-0.4, -0.2) is 14.4 Å². The molecule has 1 unspecified atom stereocenters. The van der Waals surface area contributed by atoms with E-state index in [0.29, 0.717) is 11.0 Å². The van der Waals surface area contributed by atoms with Crippen molar-refractivity contribution in [1.29, 1.82) is 0 Å². The van der Waals surface area contributed by atoms with Gasteiger partial charge in [0, 0.05) is 6.20 Å². The number of nitrogens with zero attached hydrogens (tertiary/aromatic N) is 2. The zero-order valence-electron chi connectivity index (χ0n) is 6.03. The SMILES string of the molecule is Oc1cnc2c(ccn2P)c1F. The molecule has 12 heavy (non-hydrogen) atoms. The quantitative estimate of drug-likeness (QED) is 0.630. The number of rotatable bonds is 0. The lowest BCUT2D eigenvalue weighted by Crippen LogP contribution is -1.84. The summed E-state index contributed by atoms with van der Waals surface area (Å²) in [5.41, 5.74) is 0.496. The predicted molar refractivity (Wildman–Crippen MR) is 46.5 cm³/mol. The molecule has 0 amide bonds. The van der Waals surface area contributed by atoms with Gasteiger partial charge in [0.1, 0.15) is 5.65 Å². The second kappa shape index (κ2) is 2.42. The van der Waals surface area contributed by atoms with Crippen LogP contribution in [0.4, 0.5) is 4.39 Å². The van der Waals surface area contributed by atoms with Gasteiger partial charge in [-0.1, -0.05) is 0 Å². The molecule has 62 valence electrons. The lowest BCUT2D eigenvalue weighted by atomic mass is 10.3. The van der Waals surface area contributed by atoms with Crippen molar-refractivity contribution in [2.75, 3.05) is 0 Å². The van der Waals surface area contributed by atoms with E-state index in [9.17, 15) is 4.39 Å². The molecule has 2 aromatic heterocycles. The van der Waals surface area contributed by atoms with Gasteiger partial charge >= 0.3 is 0 Å². The van der Waals surface area contributed by atoms with Gasteiger partial charge in [0.15, 0.2) is 11.6 Å². The second-order valence-electron chi connectivity index (χ2n) is 2.42. The molecule has 1 atom stereocenters. The van der Waals surface area contributed by atoms with Gasteiger partial charge in [0.25, 0.3) is 0 Å². The third-order valence-electron chi connectivity index (χ3n) is 1.66. The van der Waals surface area contributed by atoms with Crippen molar-refractivity contribution >= 4 is 20.4 Å². The third kappa shape index (κ3) is 0.883. The molecule has 0 aromatic carbocycles. The molecule has 0 aliphatic rings. The highest BCUT2D eigenvalue weighted by Gasteiger charge is 2.08. The van der Waals surface area contributed by atoms with Crippen molar-refractivity contribution in [3.63, 3.8) is 0 Å². The minimum Gasteiger partial charge on any atom is -0.504 e. The average molecular weight is 184 g/mol. The van der Waals surface area contributed by atoms with Crippen molar-refractivity contribution < 1.29 is 9.50 Å². The maximum atomic E-state index is 13.1. The standard InChI is InChI=1S/C7H6FN2OP/c8-6-4-1-2-10(12)7(4)9-3-5(6)11/h1-3,11H,12H2. The first kappa shape index (κ1) is 7.50. The number of aromatic nitrogens is 2. The molecule has 3 nitrogen and oxygen atoms in total. The van der Waals surface area contributed by atoms with E-state index in [1.54, 1.807) is 16.6 Å². The first-order valence-electron chi connectivity index (χ1n) is 3.30. The Kier molecular flexibility index (Phi) is 1.51. The minimum atomic E-state index is -0.624. The Morgan fingerprint density at radius 1 is 1.58 bits per heavy atom. The Labute approximate surface area is 70.1 Å². The summed E-state index contributed by atoms with van der Waals surface area (Å²) in [4.78, 5) is 3.85. The maximum absolute atomic E-state index is 13.1. The normalized spacial score (nSPS) is 10.8. The Morgan fingerprint density at radius 3 is 3.08 bits per heavy atom. The second-order valence-corrected chi connectivity index (χ2v) is 2.97. The molecule has 0 radical (unpaired) electrons. The molecule has 2 heterocycles. The molecular formula is C7H6FN2OP. The smallest absolute Gasteiger partial charge is 0.177 e. The topological polar surface area (TPSA) is 38.1 Å². The number of fused-ring (bicyclic) bond motifs is 1. The van der Waals surface area contributed by atoms with Crippen LogP contribution in [0.5, 0.6) is 5.75 Å². The summed E-state index contributed by atoms with van der Waals surface area (Å²) >= 11 is 0. The zero-order chi connectivity index (χ0) is 8.72. The molecule has 0 saturated carbocycles. The molecule has 1 N–H and O–H groups in total. The largest absolute Gasteiger partial charge is 0.504 e. The highest BCUT2D eigenvalue weighted by molar-refractivity contribution is 7.14. The fourth-order valence-corrected chi connectivity index (χ4v) is 1.36. The van der Waals surface area contributed by atoms with E-state index in [0.717, 1.165) is 6.20 Å². The van der Waals surface area contributed by atoms with Gasteiger partial charge in [-0.3, -0.25) is 0 Å². The average Bonchev–Trinajstić information content (AvgIpc) is 2.41. The molecule has 0 bridgehead atoms. The molecule has 0 saturated heterocycles. The monoisotopic (exact) mass is 184 g/mol. The summed E-state index contributed by atoms with van der Waals surface area (Å²) in [6, 6.07) is 1.56. The lowest BCUT2D eigenvalue weighted by Gasteiger charge is -1.96. The molecular weight excluding hydrogens is 178 g/mol.